The van der Waals surface area contributed by atoms with Gasteiger partial charge < -0.3 is 14.4 Å². The highest BCUT2D eigenvalue weighted by Gasteiger charge is 2.10. The topological polar surface area (TPSA) is 34.4 Å². The van der Waals surface area contributed by atoms with E-state index in [0.29, 0.717) is 6.61 Å². The first-order valence-corrected chi connectivity index (χ1v) is 6.40. The van der Waals surface area contributed by atoms with E-state index in [1.165, 1.54) is 0 Å². The first-order chi connectivity index (χ1) is 7.92. The number of nitrogens with zero attached hydrogens (tertiary/aromatic N) is 1. The van der Waals surface area contributed by atoms with E-state index >= 15 is 0 Å². The predicted octanol–water partition coefficient (Wildman–Crippen LogP) is 3.14. The Morgan fingerprint density at radius 3 is 2.71 bits per heavy atom. The molecule has 17 heavy (non-hydrogen) atoms. The van der Waals surface area contributed by atoms with E-state index in [0.717, 1.165) is 24.9 Å². The lowest BCUT2D eigenvalue weighted by Gasteiger charge is -2.19. The van der Waals surface area contributed by atoms with Gasteiger partial charge in [-0.25, -0.2) is 0 Å². The third-order valence-corrected chi connectivity index (χ3v) is 2.60. The molecular formula is C14H25NO2. The summed E-state index contributed by atoms with van der Waals surface area (Å²) in [6.07, 6.45) is 5.50. The van der Waals surface area contributed by atoms with Crippen LogP contribution in [0.25, 0.3) is 0 Å². The second kappa shape index (κ2) is 6.22. The highest BCUT2D eigenvalue weighted by molar-refractivity contribution is 5.13. The summed E-state index contributed by atoms with van der Waals surface area (Å²) in [4.78, 5) is 0. The molecule has 1 N–H and O–H groups in total. The largest absolute Gasteiger partial charge is 0.388 e. The van der Waals surface area contributed by atoms with Gasteiger partial charge >= 0.3 is 0 Å². The van der Waals surface area contributed by atoms with Crippen molar-refractivity contribution in [3.8, 4) is 0 Å². The summed E-state index contributed by atoms with van der Waals surface area (Å²) in [6.45, 7) is 9.77. The Bertz CT molecular complexity index is 325. The van der Waals surface area contributed by atoms with Gasteiger partial charge in [0.2, 0.25) is 0 Å². The molecule has 0 saturated heterocycles. The van der Waals surface area contributed by atoms with Crippen molar-refractivity contribution in [1.29, 1.82) is 0 Å². The number of aliphatic hydroxyl groups excluding tert-OH is 1. The molecule has 1 aromatic heterocycles. The van der Waals surface area contributed by atoms with Gasteiger partial charge in [0, 0.05) is 18.9 Å². The molecule has 0 saturated carbocycles. The molecule has 0 radical (unpaired) electrons. The van der Waals surface area contributed by atoms with Crippen molar-refractivity contribution in [2.75, 3.05) is 6.61 Å². The quantitative estimate of drug-likeness (QED) is 0.827. The first-order valence-electron chi connectivity index (χ1n) is 6.40. The maximum absolute atomic E-state index is 9.84. The highest BCUT2D eigenvalue weighted by atomic mass is 16.5. The van der Waals surface area contributed by atoms with E-state index in [1.807, 2.05) is 18.5 Å². The van der Waals surface area contributed by atoms with Crippen LogP contribution in [-0.4, -0.2) is 21.9 Å². The lowest BCUT2D eigenvalue weighted by Crippen LogP contribution is -2.21. The summed E-state index contributed by atoms with van der Waals surface area (Å²) in [6, 6.07) is 1.98. The normalized spacial score (nSPS) is 13.9. The summed E-state index contributed by atoms with van der Waals surface area (Å²) < 4.78 is 7.74. The SMILES string of the molecule is CCCC(O)c1ccn(CCOC(C)(C)C)c1. The van der Waals surface area contributed by atoms with Crippen LogP contribution in [0.5, 0.6) is 0 Å². The maximum Gasteiger partial charge on any atom is 0.0804 e. The molecule has 0 bridgehead atoms. The van der Waals surface area contributed by atoms with Crippen LogP contribution in [0.2, 0.25) is 0 Å². The van der Waals surface area contributed by atoms with E-state index in [4.69, 9.17) is 4.74 Å². The number of ether oxygens (including phenoxy) is 1. The summed E-state index contributed by atoms with van der Waals surface area (Å²) in [5.41, 5.74) is 0.917. The molecule has 0 fully saturated rings. The minimum atomic E-state index is -0.329. The molecule has 1 unspecified atom stereocenters. The van der Waals surface area contributed by atoms with E-state index in [1.54, 1.807) is 0 Å². The molecule has 1 aromatic rings. The zero-order valence-electron chi connectivity index (χ0n) is 11.4. The number of aliphatic hydroxyl groups is 1. The monoisotopic (exact) mass is 239 g/mol. The fourth-order valence-electron chi connectivity index (χ4n) is 1.69. The van der Waals surface area contributed by atoms with E-state index in [-0.39, 0.29) is 11.7 Å². The van der Waals surface area contributed by atoms with Gasteiger partial charge in [-0.05, 0) is 38.8 Å². The average Bonchev–Trinajstić information content (AvgIpc) is 2.65. The molecule has 0 aromatic carbocycles. The summed E-state index contributed by atoms with van der Waals surface area (Å²) in [5, 5.41) is 9.84. The van der Waals surface area contributed by atoms with Crippen LogP contribution in [0, 0.1) is 0 Å². The molecule has 1 heterocycles. The predicted molar refractivity (Wildman–Crippen MR) is 70.0 cm³/mol. The second-order valence-electron chi connectivity index (χ2n) is 5.45. The Balaban J connectivity index is 2.40. The molecule has 1 atom stereocenters. The maximum atomic E-state index is 9.84. The van der Waals surface area contributed by atoms with Gasteiger partial charge in [0.25, 0.3) is 0 Å². The molecule has 0 aliphatic rings. The average molecular weight is 239 g/mol. The molecule has 0 amide bonds. The Morgan fingerprint density at radius 2 is 2.12 bits per heavy atom. The number of rotatable bonds is 6. The Hall–Kier alpha value is -0.800. The van der Waals surface area contributed by atoms with Gasteiger partial charge in [-0.2, -0.15) is 0 Å². The van der Waals surface area contributed by atoms with Gasteiger partial charge in [-0.1, -0.05) is 13.3 Å². The lowest BCUT2D eigenvalue weighted by molar-refractivity contribution is -0.00682. The van der Waals surface area contributed by atoms with Crippen LogP contribution in [0.4, 0.5) is 0 Å². The van der Waals surface area contributed by atoms with Crippen molar-refractivity contribution in [3.05, 3.63) is 24.0 Å². The van der Waals surface area contributed by atoms with Crippen LogP contribution in [0.15, 0.2) is 18.5 Å². The van der Waals surface area contributed by atoms with Gasteiger partial charge in [0.1, 0.15) is 0 Å². The minimum absolute atomic E-state index is 0.0856. The molecule has 3 nitrogen and oxygen atoms in total. The van der Waals surface area contributed by atoms with Crippen LogP contribution >= 0.6 is 0 Å². The second-order valence-corrected chi connectivity index (χ2v) is 5.45. The third kappa shape index (κ3) is 5.37. The fraction of sp³-hybridized carbons (Fsp3) is 0.714. The van der Waals surface area contributed by atoms with Crippen LogP contribution in [0.1, 0.15) is 52.2 Å². The van der Waals surface area contributed by atoms with E-state index < -0.39 is 0 Å². The van der Waals surface area contributed by atoms with Crippen molar-refractivity contribution in [2.45, 2.75) is 58.8 Å². The van der Waals surface area contributed by atoms with Crippen LogP contribution < -0.4 is 0 Å². The first kappa shape index (κ1) is 14.3. The van der Waals surface area contributed by atoms with E-state index in [2.05, 4.69) is 32.3 Å². The van der Waals surface area contributed by atoms with Crippen molar-refractivity contribution < 1.29 is 9.84 Å². The fourth-order valence-corrected chi connectivity index (χ4v) is 1.69. The lowest BCUT2D eigenvalue weighted by atomic mass is 10.1. The zero-order chi connectivity index (χ0) is 12.9. The Labute approximate surface area is 104 Å². The van der Waals surface area contributed by atoms with Crippen molar-refractivity contribution >= 4 is 0 Å². The summed E-state index contributed by atoms with van der Waals surface area (Å²) in [5.74, 6) is 0. The Kier molecular flexibility index (Phi) is 5.22. The zero-order valence-corrected chi connectivity index (χ0v) is 11.4. The van der Waals surface area contributed by atoms with Crippen LogP contribution in [0.3, 0.4) is 0 Å². The summed E-state index contributed by atoms with van der Waals surface area (Å²) in [7, 11) is 0. The number of aromatic nitrogens is 1. The van der Waals surface area contributed by atoms with Gasteiger partial charge in [-0.15, -0.1) is 0 Å². The molecule has 3 heteroatoms. The number of hydrogen-bond acceptors (Lipinski definition) is 2. The van der Waals surface area contributed by atoms with Crippen molar-refractivity contribution in [1.82, 2.24) is 4.57 Å². The van der Waals surface area contributed by atoms with Crippen molar-refractivity contribution in [3.63, 3.8) is 0 Å². The third-order valence-electron chi connectivity index (χ3n) is 2.60. The van der Waals surface area contributed by atoms with Gasteiger partial charge in [0.05, 0.1) is 18.3 Å². The minimum Gasteiger partial charge on any atom is -0.388 e. The molecule has 1 rings (SSSR count). The van der Waals surface area contributed by atoms with E-state index in [9.17, 15) is 5.11 Å². The highest BCUT2D eigenvalue weighted by Crippen LogP contribution is 2.18. The van der Waals surface area contributed by atoms with Crippen molar-refractivity contribution in [2.24, 2.45) is 0 Å². The smallest absolute Gasteiger partial charge is 0.0804 e. The molecule has 0 aliphatic carbocycles. The molecular weight excluding hydrogens is 214 g/mol. The molecule has 0 spiro atoms. The number of hydrogen-bond donors (Lipinski definition) is 1. The van der Waals surface area contributed by atoms with Gasteiger partial charge in [0.15, 0.2) is 0 Å². The molecule has 98 valence electrons. The standard InChI is InChI=1S/C14H25NO2/c1-5-6-13(16)12-7-8-15(11-12)9-10-17-14(2,3)4/h7-8,11,13,16H,5-6,9-10H2,1-4H3. The Morgan fingerprint density at radius 1 is 1.41 bits per heavy atom. The van der Waals surface area contributed by atoms with Crippen LogP contribution in [-0.2, 0) is 11.3 Å². The summed E-state index contributed by atoms with van der Waals surface area (Å²) >= 11 is 0. The molecule has 0 aliphatic heterocycles. The van der Waals surface area contributed by atoms with Gasteiger partial charge in [-0.3, -0.25) is 0 Å².